The van der Waals surface area contributed by atoms with Crippen LogP contribution in [0.25, 0.3) is 0 Å². The van der Waals surface area contributed by atoms with Crippen LogP contribution in [-0.2, 0) is 4.79 Å². The van der Waals surface area contributed by atoms with Gasteiger partial charge in [-0.05, 0) is 22.0 Å². The second kappa shape index (κ2) is 4.38. The molecule has 0 unspecified atom stereocenters. The molecule has 1 rings (SSSR count). The molecule has 1 aromatic heterocycles. The third-order valence-electron chi connectivity index (χ3n) is 1.19. The number of halogens is 1. The molecule has 0 aliphatic carbocycles. The summed E-state index contributed by atoms with van der Waals surface area (Å²) in [4.78, 5) is 21.8. The standard InChI is InChI=1S/C7H6BrNO3S/c8-4-1-5(13-3-4)7(12)9-2-6(10)11/h1,3H,2H2,(H,9,12)(H,10,11). The van der Waals surface area contributed by atoms with Crippen LogP contribution in [0.15, 0.2) is 15.9 Å². The van der Waals surface area contributed by atoms with Gasteiger partial charge < -0.3 is 10.4 Å². The highest BCUT2D eigenvalue weighted by Gasteiger charge is 2.08. The first-order chi connectivity index (χ1) is 6.09. The van der Waals surface area contributed by atoms with Crippen molar-refractivity contribution in [2.75, 3.05) is 6.54 Å². The molecule has 0 saturated carbocycles. The van der Waals surface area contributed by atoms with Crippen LogP contribution in [0.3, 0.4) is 0 Å². The maximum absolute atomic E-state index is 11.2. The minimum absolute atomic E-state index is 0.353. The second-order valence-electron chi connectivity index (χ2n) is 2.21. The molecule has 70 valence electrons. The van der Waals surface area contributed by atoms with Crippen molar-refractivity contribution in [3.63, 3.8) is 0 Å². The lowest BCUT2D eigenvalue weighted by atomic mass is 10.4. The lowest BCUT2D eigenvalue weighted by molar-refractivity contribution is -0.135. The van der Waals surface area contributed by atoms with Crippen molar-refractivity contribution in [3.05, 3.63) is 20.8 Å². The van der Waals surface area contributed by atoms with Crippen molar-refractivity contribution in [2.24, 2.45) is 0 Å². The van der Waals surface area contributed by atoms with E-state index in [9.17, 15) is 9.59 Å². The highest BCUT2D eigenvalue weighted by Crippen LogP contribution is 2.19. The average molecular weight is 264 g/mol. The maximum Gasteiger partial charge on any atom is 0.322 e. The highest BCUT2D eigenvalue weighted by atomic mass is 79.9. The fourth-order valence-electron chi connectivity index (χ4n) is 0.675. The molecule has 6 heteroatoms. The molecule has 4 nitrogen and oxygen atoms in total. The third-order valence-corrected chi connectivity index (χ3v) is 2.88. The van der Waals surface area contributed by atoms with Crippen LogP contribution in [0.4, 0.5) is 0 Å². The Hall–Kier alpha value is -0.880. The van der Waals surface area contributed by atoms with Gasteiger partial charge in [0.2, 0.25) is 0 Å². The van der Waals surface area contributed by atoms with Crippen LogP contribution < -0.4 is 5.32 Å². The molecule has 1 amide bonds. The molecule has 0 radical (unpaired) electrons. The first-order valence-electron chi connectivity index (χ1n) is 3.33. The Morgan fingerprint density at radius 2 is 2.31 bits per heavy atom. The number of carboxylic acid groups (broad SMARTS) is 1. The van der Waals surface area contributed by atoms with Crippen molar-refractivity contribution in [2.45, 2.75) is 0 Å². The largest absolute Gasteiger partial charge is 0.480 e. The summed E-state index contributed by atoms with van der Waals surface area (Å²) in [6.45, 7) is -0.353. The third kappa shape index (κ3) is 3.16. The quantitative estimate of drug-likeness (QED) is 0.865. The van der Waals surface area contributed by atoms with Gasteiger partial charge in [-0.2, -0.15) is 0 Å². The summed E-state index contributed by atoms with van der Waals surface area (Å²) in [5.41, 5.74) is 0. The smallest absolute Gasteiger partial charge is 0.322 e. The first kappa shape index (κ1) is 10.2. The zero-order valence-corrected chi connectivity index (χ0v) is 8.81. The Kier molecular flexibility index (Phi) is 3.44. The fraction of sp³-hybridized carbons (Fsp3) is 0.143. The number of thiophene rings is 1. The van der Waals surface area contributed by atoms with Gasteiger partial charge in [0.15, 0.2) is 0 Å². The summed E-state index contributed by atoms with van der Waals surface area (Å²) in [6.07, 6.45) is 0. The monoisotopic (exact) mass is 263 g/mol. The van der Waals surface area contributed by atoms with Crippen molar-refractivity contribution in [1.29, 1.82) is 0 Å². The lowest BCUT2D eigenvalue weighted by Crippen LogP contribution is -2.28. The van der Waals surface area contributed by atoms with E-state index in [1.807, 2.05) is 0 Å². The van der Waals surface area contributed by atoms with Crippen molar-refractivity contribution >= 4 is 39.1 Å². The molecule has 0 aliphatic rings. The van der Waals surface area contributed by atoms with Crippen molar-refractivity contribution < 1.29 is 14.7 Å². The molecular formula is C7H6BrNO3S. The van der Waals surface area contributed by atoms with Crippen LogP contribution >= 0.6 is 27.3 Å². The number of carbonyl (C=O) groups excluding carboxylic acids is 1. The summed E-state index contributed by atoms with van der Waals surface area (Å²) in [5.74, 6) is -1.41. The SMILES string of the molecule is O=C(O)CNC(=O)c1cc(Br)cs1. The summed E-state index contributed by atoms with van der Waals surface area (Å²) >= 11 is 4.45. The number of carboxylic acids is 1. The summed E-state index contributed by atoms with van der Waals surface area (Å²) < 4.78 is 0.818. The van der Waals surface area contributed by atoms with Crippen LogP contribution in [0.5, 0.6) is 0 Å². The van der Waals surface area contributed by atoms with Crippen LogP contribution in [0.2, 0.25) is 0 Å². The van der Waals surface area contributed by atoms with Crippen LogP contribution in [-0.4, -0.2) is 23.5 Å². The molecule has 0 bridgehead atoms. The van der Waals surface area contributed by atoms with Crippen LogP contribution in [0.1, 0.15) is 9.67 Å². The van der Waals surface area contributed by atoms with Gasteiger partial charge in [0, 0.05) is 9.85 Å². The van der Waals surface area contributed by atoms with Gasteiger partial charge in [0.25, 0.3) is 5.91 Å². The maximum atomic E-state index is 11.2. The molecule has 2 N–H and O–H groups in total. The Bertz CT molecular complexity index is 336. The number of hydrogen-bond donors (Lipinski definition) is 2. The van der Waals surface area contributed by atoms with Gasteiger partial charge >= 0.3 is 5.97 Å². The Morgan fingerprint density at radius 3 is 2.77 bits per heavy atom. The molecule has 0 atom stereocenters. The zero-order chi connectivity index (χ0) is 9.84. The van der Waals surface area contributed by atoms with Crippen molar-refractivity contribution in [3.8, 4) is 0 Å². The Labute approximate surface area is 86.7 Å². The molecular weight excluding hydrogens is 258 g/mol. The zero-order valence-electron chi connectivity index (χ0n) is 6.41. The minimum Gasteiger partial charge on any atom is -0.480 e. The van der Waals surface area contributed by atoms with Gasteiger partial charge in [-0.15, -0.1) is 11.3 Å². The van der Waals surface area contributed by atoms with Gasteiger partial charge in [-0.1, -0.05) is 0 Å². The number of aliphatic carboxylic acids is 1. The number of hydrogen-bond acceptors (Lipinski definition) is 3. The molecule has 0 spiro atoms. The summed E-state index contributed by atoms with van der Waals surface area (Å²) in [7, 11) is 0. The normalized spacial score (nSPS) is 9.62. The highest BCUT2D eigenvalue weighted by molar-refractivity contribution is 9.10. The first-order valence-corrected chi connectivity index (χ1v) is 5.01. The van der Waals surface area contributed by atoms with Gasteiger partial charge in [0.05, 0.1) is 4.88 Å². The molecule has 13 heavy (non-hydrogen) atoms. The van der Waals surface area contributed by atoms with E-state index in [4.69, 9.17) is 5.11 Å². The predicted molar refractivity (Wildman–Crippen MR) is 52.0 cm³/mol. The fourth-order valence-corrected chi connectivity index (χ4v) is 2.02. The van der Waals surface area contributed by atoms with E-state index in [-0.39, 0.29) is 12.5 Å². The predicted octanol–water partition coefficient (Wildman–Crippen LogP) is 1.32. The average Bonchev–Trinajstić information content (AvgIpc) is 2.47. The minimum atomic E-state index is -1.05. The number of nitrogens with one attached hydrogen (secondary N) is 1. The number of carbonyl (C=O) groups is 2. The van der Waals surface area contributed by atoms with E-state index in [0.29, 0.717) is 4.88 Å². The summed E-state index contributed by atoms with van der Waals surface area (Å²) in [6, 6.07) is 1.64. The van der Waals surface area contributed by atoms with E-state index in [0.717, 1.165) is 4.47 Å². The van der Waals surface area contributed by atoms with E-state index < -0.39 is 5.97 Å². The van der Waals surface area contributed by atoms with Gasteiger partial charge in [0.1, 0.15) is 6.54 Å². The van der Waals surface area contributed by atoms with Gasteiger partial charge in [-0.3, -0.25) is 9.59 Å². The molecule has 1 heterocycles. The topological polar surface area (TPSA) is 66.4 Å². The molecule has 1 aromatic rings. The van der Waals surface area contributed by atoms with E-state index in [1.165, 1.54) is 11.3 Å². The van der Waals surface area contributed by atoms with E-state index in [2.05, 4.69) is 21.2 Å². The molecule has 0 saturated heterocycles. The van der Waals surface area contributed by atoms with Crippen LogP contribution in [0, 0.1) is 0 Å². The van der Waals surface area contributed by atoms with E-state index >= 15 is 0 Å². The number of rotatable bonds is 3. The Morgan fingerprint density at radius 1 is 1.62 bits per heavy atom. The lowest BCUT2D eigenvalue weighted by Gasteiger charge is -1.97. The van der Waals surface area contributed by atoms with Crippen molar-refractivity contribution in [1.82, 2.24) is 5.32 Å². The molecule has 0 aliphatic heterocycles. The second-order valence-corrected chi connectivity index (χ2v) is 4.03. The molecule has 0 aromatic carbocycles. The van der Waals surface area contributed by atoms with E-state index in [1.54, 1.807) is 11.4 Å². The molecule has 0 fully saturated rings. The van der Waals surface area contributed by atoms with Gasteiger partial charge in [-0.25, -0.2) is 0 Å². The summed E-state index contributed by atoms with van der Waals surface area (Å²) in [5, 5.41) is 12.3. The Balaban J connectivity index is 2.54. The number of amides is 1.